The van der Waals surface area contributed by atoms with Crippen LogP contribution in [0.5, 0.6) is 0 Å². The second kappa shape index (κ2) is 8.35. The highest BCUT2D eigenvalue weighted by Crippen LogP contribution is 2.29. The zero-order chi connectivity index (χ0) is 21.1. The number of carbonyl (C=O) groups excluding carboxylic acids is 1. The van der Waals surface area contributed by atoms with Gasteiger partial charge in [-0.05, 0) is 18.6 Å². The van der Waals surface area contributed by atoms with Gasteiger partial charge in [-0.2, -0.15) is 23.4 Å². The number of rotatable bonds is 6. The van der Waals surface area contributed by atoms with E-state index in [0.29, 0.717) is 0 Å². The van der Waals surface area contributed by atoms with Gasteiger partial charge in [0.25, 0.3) is 0 Å². The zero-order valence-corrected chi connectivity index (χ0v) is 15.7. The summed E-state index contributed by atoms with van der Waals surface area (Å²) in [5.74, 6) is -0.728. The predicted molar refractivity (Wildman–Crippen MR) is 96.7 cm³/mol. The van der Waals surface area contributed by atoms with Crippen LogP contribution in [0.15, 0.2) is 29.3 Å². The molecule has 0 spiro atoms. The zero-order valence-electron chi connectivity index (χ0n) is 14.9. The van der Waals surface area contributed by atoms with Gasteiger partial charge in [0.1, 0.15) is 11.6 Å². The van der Waals surface area contributed by atoms with Crippen molar-refractivity contribution >= 4 is 28.3 Å². The average Bonchev–Trinajstić information content (AvgIpc) is 2.60. The van der Waals surface area contributed by atoms with Crippen LogP contribution in [-0.2, 0) is 28.2 Å². The number of nitrogen functional groups attached to an aromatic ring is 1. The SMILES string of the molecule is C[C@H](Nc1nc(N)nc(S(C)=O)c1C#N)C(=O)Cc1cccc(C(F)(F)F)c1. The fourth-order valence-corrected chi connectivity index (χ4v) is 3.02. The normalized spacial score (nSPS) is 13.4. The second-order valence-corrected chi connectivity index (χ2v) is 7.18. The maximum Gasteiger partial charge on any atom is 0.416 e. The highest BCUT2D eigenvalue weighted by atomic mass is 32.2. The minimum atomic E-state index is -4.50. The summed E-state index contributed by atoms with van der Waals surface area (Å²) in [4.78, 5) is 20.0. The molecule has 7 nitrogen and oxygen atoms in total. The number of halogens is 3. The van der Waals surface area contributed by atoms with Crippen LogP contribution < -0.4 is 11.1 Å². The van der Waals surface area contributed by atoms with Crippen LogP contribution >= 0.6 is 0 Å². The van der Waals surface area contributed by atoms with Crippen LogP contribution in [0.2, 0.25) is 0 Å². The summed E-state index contributed by atoms with van der Waals surface area (Å²) in [6.45, 7) is 1.47. The first-order valence-corrected chi connectivity index (χ1v) is 9.45. The first-order valence-electron chi connectivity index (χ1n) is 7.89. The van der Waals surface area contributed by atoms with Crippen LogP contribution in [0.4, 0.5) is 24.9 Å². The lowest BCUT2D eigenvalue weighted by Crippen LogP contribution is -2.29. The molecule has 28 heavy (non-hydrogen) atoms. The van der Waals surface area contributed by atoms with Crippen molar-refractivity contribution in [3.05, 3.63) is 41.0 Å². The van der Waals surface area contributed by atoms with E-state index in [1.807, 2.05) is 6.07 Å². The monoisotopic (exact) mass is 411 g/mol. The Kier molecular flexibility index (Phi) is 6.35. The topological polar surface area (TPSA) is 122 Å². The van der Waals surface area contributed by atoms with E-state index >= 15 is 0 Å². The largest absolute Gasteiger partial charge is 0.416 e. The molecule has 0 aliphatic rings. The number of nitrogens with zero attached hydrogens (tertiary/aromatic N) is 3. The smallest absolute Gasteiger partial charge is 0.368 e. The van der Waals surface area contributed by atoms with Gasteiger partial charge in [0.2, 0.25) is 5.95 Å². The predicted octanol–water partition coefficient (Wildman–Crippen LogP) is 2.30. The Hall–Kier alpha value is -3.00. The molecule has 1 aromatic carbocycles. The van der Waals surface area contributed by atoms with Crippen LogP contribution in [-0.4, -0.2) is 32.3 Å². The minimum Gasteiger partial charge on any atom is -0.368 e. The number of anilines is 2. The van der Waals surface area contributed by atoms with Gasteiger partial charge in [-0.1, -0.05) is 18.2 Å². The van der Waals surface area contributed by atoms with E-state index in [2.05, 4.69) is 15.3 Å². The molecule has 2 aromatic rings. The van der Waals surface area contributed by atoms with E-state index in [4.69, 9.17) is 5.73 Å². The molecule has 2 atom stereocenters. The first kappa shape index (κ1) is 21.3. The van der Waals surface area contributed by atoms with Crippen LogP contribution in [0, 0.1) is 11.3 Å². The van der Waals surface area contributed by atoms with Gasteiger partial charge in [-0.25, -0.2) is 4.98 Å². The number of aromatic nitrogens is 2. The van der Waals surface area contributed by atoms with Gasteiger partial charge in [-0.3, -0.25) is 9.00 Å². The van der Waals surface area contributed by atoms with Gasteiger partial charge in [0.15, 0.2) is 16.6 Å². The lowest BCUT2D eigenvalue weighted by molar-refractivity contribution is -0.137. The number of nitriles is 1. The average molecular weight is 411 g/mol. The van der Waals surface area contributed by atoms with Crippen molar-refractivity contribution in [1.82, 2.24) is 9.97 Å². The summed E-state index contributed by atoms with van der Waals surface area (Å²) in [5.41, 5.74) is 4.80. The molecule has 0 fully saturated rings. The van der Waals surface area contributed by atoms with Gasteiger partial charge < -0.3 is 11.1 Å². The summed E-state index contributed by atoms with van der Waals surface area (Å²) in [7, 11) is -1.61. The lowest BCUT2D eigenvalue weighted by atomic mass is 10.0. The van der Waals surface area contributed by atoms with Crippen LogP contribution in [0.1, 0.15) is 23.6 Å². The van der Waals surface area contributed by atoms with E-state index in [9.17, 15) is 27.4 Å². The molecule has 1 unspecified atom stereocenters. The molecule has 0 saturated carbocycles. The summed E-state index contributed by atoms with van der Waals surface area (Å²) in [5, 5.41) is 11.9. The fourth-order valence-electron chi connectivity index (χ4n) is 2.37. The second-order valence-electron chi connectivity index (χ2n) is 5.88. The Morgan fingerprint density at radius 1 is 1.39 bits per heavy atom. The fraction of sp³-hybridized carbons (Fsp3) is 0.294. The highest BCUT2D eigenvalue weighted by Gasteiger charge is 2.30. The Morgan fingerprint density at radius 2 is 2.07 bits per heavy atom. The number of ketones is 1. The Bertz CT molecular complexity index is 972. The molecule has 1 aromatic heterocycles. The molecular formula is C17H16F3N5O2S. The van der Waals surface area contributed by atoms with Gasteiger partial charge >= 0.3 is 6.18 Å². The van der Waals surface area contributed by atoms with E-state index in [-0.39, 0.29) is 34.3 Å². The van der Waals surface area contributed by atoms with E-state index in [1.165, 1.54) is 25.3 Å². The van der Waals surface area contributed by atoms with Crippen molar-refractivity contribution in [2.75, 3.05) is 17.3 Å². The quantitative estimate of drug-likeness (QED) is 0.700. The summed E-state index contributed by atoms with van der Waals surface area (Å²) in [6, 6.07) is 5.40. The molecule has 0 aliphatic carbocycles. The van der Waals surface area contributed by atoms with E-state index in [0.717, 1.165) is 12.1 Å². The molecular weight excluding hydrogens is 395 g/mol. The molecule has 0 radical (unpaired) electrons. The Labute approximate surface area is 161 Å². The minimum absolute atomic E-state index is 0.0647. The summed E-state index contributed by atoms with van der Waals surface area (Å²) in [6.07, 6.45) is -3.45. The summed E-state index contributed by atoms with van der Waals surface area (Å²) < 4.78 is 50.1. The number of nitrogens with one attached hydrogen (secondary N) is 1. The van der Waals surface area contributed by atoms with Gasteiger partial charge in [0.05, 0.1) is 22.4 Å². The third-order valence-corrected chi connectivity index (χ3v) is 4.59. The Balaban J connectivity index is 2.22. The van der Waals surface area contributed by atoms with Crippen molar-refractivity contribution in [2.45, 2.75) is 30.6 Å². The summed E-state index contributed by atoms with van der Waals surface area (Å²) >= 11 is 0. The number of alkyl halides is 3. The molecule has 148 valence electrons. The number of hydrogen-bond acceptors (Lipinski definition) is 7. The van der Waals surface area contributed by atoms with Crippen molar-refractivity contribution < 1.29 is 22.2 Å². The van der Waals surface area contributed by atoms with Crippen molar-refractivity contribution in [2.24, 2.45) is 0 Å². The number of benzene rings is 1. The standard InChI is InChI=1S/C17H16F3N5O2S/c1-9(13(26)7-10-4-3-5-11(6-10)17(18,19)20)23-14-12(8-21)15(28(2)27)25-16(22)24-14/h3-6,9H,7H2,1-2H3,(H3,22,23,24,25)/t9-,28?/m0/s1. The van der Waals surface area contributed by atoms with E-state index in [1.54, 1.807) is 0 Å². The Morgan fingerprint density at radius 3 is 2.64 bits per heavy atom. The molecule has 11 heteroatoms. The lowest BCUT2D eigenvalue weighted by Gasteiger charge is -2.16. The number of nitrogens with two attached hydrogens (primary N) is 1. The molecule has 0 aliphatic heterocycles. The number of Topliss-reactive ketones (excluding diaryl/α,β-unsaturated/α-hetero) is 1. The van der Waals surface area contributed by atoms with Crippen molar-refractivity contribution in [3.63, 3.8) is 0 Å². The third-order valence-electron chi connectivity index (χ3n) is 3.75. The maximum atomic E-state index is 12.8. The first-order chi connectivity index (χ1) is 13.0. The van der Waals surface area contributed by atoms with Crippen LogP contribution in [0.3, 0.4) is 0 Å². The van der Waals surface area contributed by atoms with Crippen LogP contribution in [0.25, 0.3) is 0 Å². The number of hydrogen-bond donors (Lipinski definition) is 2. The molecule has 0 bridgehead atoms. The van der Waals surface area contributed by atoms with Gasteiger partial charge in [0, 0.05) is 12.7 Å². The molecule has 0 saturated heterocycles. The number of carbonyl (C=O) groups is 1. The molecule has 3 N–H and O–H groups in total. The van der Waals surface area contributed by atoms with E-state index < -0.39 is 34.4 Å². The van der Waals surface area contributed by atoms with Crippen molar-refractivity contribution in [1.29, 1.82) is 5.26 Å². The highest BCUT2D eigenvalue weighted by molar-refractivity contribution is 7.84. The van der Waals surface area contributed by atoms with Crippen molar-refractivity contribution in [3.8, 4) is 6.07 Å². The maximum absolute atomic E-state index is 12.8. The molecule has 2 rings (SSSR count). The third kappa shape index (κ3) is 5.04. The molecule has 1 heterocycles. The van der Waals surface area contributed by atoms with Gasteiger partial charge in [-0.15, -0.1) is 0 Å². The molecule has 0 amide bonds.